The highest BCUT2D eigenvalue weighted by molar-refractivity contribution is 6.04. The van der Waals surface area contributed by atoms with Crippen molar-refractivity contribution in [3.63, 3.8) is 0 Å². The number of halogens is 3. The van der Waals surface area contributed by atoms with Crippen LogP contribution < -0.4 is 5.32 Å². The van der Waals surface area contributed by atoms with Crippen LogP contribution in [0.5, 0.6) is 0 Å². The maximum atomic E-state index is 13.3. The quantitative estimate of drug-likeness (QED) is 0.809. The van der Waals surface area contributed by atoms with Gasteiger partial charge in [0.1, 0.15) is 5.82 Å². The monoisotopic (exact) mass is 255 g/mol. The Bertz CT molecular complexity index is 610. The Balaban J connectivity index is 2.30. The van der Waals surface area contributed by atoms with Gasteiger partial charge in [-0.25, -0.2) is 13.2 Å². The van der Waals surface area contributed by atoms with Gasteiger partial charge in [0.05, 0.1) is 17.4 Å². The van der Waals surface area contributed by atoms with E-state index in [-0.39, 0.29) is 5.56 Å². The lowest BCUT2D eigenvalue weighted by atomic mass is 10.2. The van der Waals surface area contributed by atoms with Crippen molar-refractivity contribution < 1.29 is 18.0 Å². The minimum atomic E-state index is -1.37. The zero-order valence-corrected chi connectivity index (χ0v) is 9.22. The van der Waals surface area contributed by atoms with Gasteiger partial charge in [-0.05, 0) is 6.92 Å². The van der Waals surface area contributed by atoms with Crippen molar-refractivity contribution in [2.45, 2.75) is 6.92 Å². The lowest BCUT2D eigenvalue weighted by molar-refractivity contribution is 0.102. The van der Waals surface area contributed by atoms with Crippen molar-refractivity contribution in [3.8, 4) is 0 Å². The molecule has 0 radical (unpaired) electrons. The fourth-order valence-corrected chi connectivity index (χ4v) is 1.42. The fraction of sp³-hybridized carbons (Fsp3) is 0.0909. The molecule has 0 bridgehead atoms. The molecule has 0 fully saturated rings. The van der Waals surface area contributed by atoms with Gasteiger partial charge in [0.25, 0.3) is 5.91 Å². The standard InChI is InChI=1S/C11H8F3N3O/c1-5-7(4-15-17-5)11(18)16-9-3-6(12)2-8(13)10(9)14/h2-4H,1H3,(H,15,17)(H,16,18). The topological polar surface area (TPSA) is 57.8 Å². The Kier molecular flexibility index (Phi) is 3.05. The molecule has 1 amide bonds. The number of hydrogen-bond acceptors (Lipinski definition) is 2. The third-order valence-electron chi connectivity index (χ3n) is 2.32. The number of carbonyl (C=O) groups is 1. The van der Waals surface area contributed by atoms with Gasteiger partial charge in [-0.3, -0.25) is 9.89 Å². The Morgan fingerprint density at radius 2 is 2.06 bits per heavy atom. The lowest BCUT2D eigenvalue weighted by Gasteiger charge is -2.06. The number of nitrogens with zero attached hydrogens (tertiary/aromatic N) is 1. The molecule has 94 valence electrons. The van der Waals surface area contributed by atoms with E-state index in [1.807, 2.05) is 0 Å². The van der Waals surface area contributed by atoms with Crippen LogP contribution >= 0.6 is 0 Å². The fourth-order valence-electron chi connectivity index (χ4n) is 1.42. The van der Waals surface area contributed by atoms with Gasteiger partial charge >= 0.3 is 0 Å². The molecule has 18 heavy (non-hydrogen) atoms. The highest BCUT2D eigenvalue weighted by atomic mass is 19.2. The molecule has 0 saturated heterocycles. The second-order valence-electron chi connectivity index (χ2n) is 3.61. The van der Waals surface area contributed by atoms with E-state index >= 15 is 0 Å². The van der Waals surface area contributed by atoms with Crippen molar-refractivity contribution in [2.75, 3.05) is 5.32 Å². The molecular weight excluding hydrogens is 247 g/mol. The van der Waals surface area contributed by atoms with E-state index in [9.17, 15) is 18.0 Å². The van der Waals surface area contributed by atoms with E-state index in [0.717, 1.165) is 0 Å². The van der Waals surface area contributed by atoms with Crippen LogP contribution in [0.3, 0.4) is 0 Å². The maximum Gasteiger partial charge on any atom is 0.259 e. The number of amides is 1. The van der Waals surface area contributed by atoms with E-state index < -0.39 is 29.0 Å². The first-order valence-corrected chi connectivity index (χ1v) is 4.95. The molecule has 2 aromatic rings. The molecule has 2 rings (SSSR count). The van der Waals surface area contributed by atoms with Gasteiger partial charge in [-0.2, -0.15) is 5.10 Å². The predicted octanol–water partition coefficient (Wildman–Crippen LogP) is 2.39. The number of H-pyrrole nitrogens is 1. The molecule has 0 aliphatic heterocycles. The number of aromatic amines is 1. The molecule has 0 atom stereocenters. The van der Waals surface area contributed by atoms with Crippen molar-refractivity contribution >= 4 is 11.6 Å². The summed E-state index contributed by atoms with van der Waals surface area (Å²) in [5.74, 6) is -4.36. The molecule has 0 aliphatic carbocycles. The number of hydrogen-bond donors (Lipinski definition) is 2. The molecule has 4 nitrogen and oxygen atoms in total. The number of nitrogens with one attached hydrogen (secondary N) is 2. The predicted molar refractivity (Wildman–Crippen MR) is 57.6 cm³/mol. The van der Waals surface area contributed by atoms with E-state index in [0.29, 0.717) is 17.8 Å². The zero-order valence-electron chi connectivity index (χ0n) is 9.22. The Morgan fingerprint density at radius 1 is 1.33 bits per heavy atom. The van der Waals surface area contributed by atoms with E-state index in [4.69, 9.17) is 0 Å². The number of aromatic nitrogens is 2. The molecule has 1 heterocycles. The summed E-state index contributed by atoms with van der Waals surface area (Å²) in [5, 5.41) is 8.22. The number of anilines is 1. The second kappa shape index (κ2) is 4.52. The number of rotatable bonds is 2. The molecule has 0 saturated carbocycles. The Morgan fingerprint density at radius 3 is 2.67 bits per heavy atom. The smallest absolute Gasteiger partial charge is 0.259 e. The first-order valence-electron chi connectivity index (χ1n) is 4.95. The van der Waals surface area contributed by atoms with Gasteiger partial charge in [-0.15, -0.1) is 0 Å². The second-order valence-corrected chi connectivity index (χ2v) is 3.61. The number of aryl methyl sites for hydroxylation is 1. The number of carbonyl (C=O) groups excluding carboxylic acids is 1. The minimum absolute atomic E-state index is 0.166. The van der Waals surface area contributed by atoms with Crippen LogP contribution in [0.1, 0.15) is 16.1 Å². The van der Waals surface area contributed by atoms with Gasteiger partial charge in [0, 0.05) is 17.8 Å². The summed E-state index contributed by atoms with van der Waals surface area (Å²) in [6.07, 6.45) is 1.23. The maximum absolute atomic E-state index is 13.3. The summed E-state index contributed by atoms with van der Waals surface area (Å²) in [4.78, 5) is 11.7. The van der Waals surface area contributed by atoms with Crippen molar-refractivity contribution in [3.05, 3.63) is 47.0 Å². The Hall–Kier alpha value is -2.31. The van der Waals surface area contributed by atoms with Gasteiger partial charge in [0.2, 0.25) is 0 Å². The van der Waals surface area contributed by atoms with E-state index in [2.05, 4.69) is 15.5 Å². The van der Waals surface area contributed by atoms with Crippen LogP contribution in [0, 0.1) is 24.4 Å². The first-order chi connectivity index (χ1) is 8.49. The van der Waals surface area contributed by atoms with Crippen LogP contribution in [0.2, 0.25) is 0 Å². The highest BCUT2D eigenvalue weighted by Crippen LogP contribution is 2.20. The summed E-state index contributed by atoms with van der Waals surface area (Å²) in [5.41, 5.74) is 0.0713. The van der Waals surface area contributed by atoms with Crippen LogP contribution in [0.15, 0.2) is 18.3 Å². The summed E-state index contributed by atoms with van der Waals surface area (Å²) in [6.45, 7) is 1.59. The molecular formula is C11H8F3N3O. The average Bonchev–Trinajstić information content (AvgIpc) is 2.71. The average molecular weight is 255 g/mol. The third kappa shape index (κ3) is 2.20. The largest absolute Gasteiger partial charge is 0.319 e. The third-order valence-corrected chi connectivity index (χ3v) is 2.32. The van der Waals surface area contributed by atoms with Crippen molar-refractivity contribution in [1.29, 1.82) is 0 Å². The molecule has 7 heteroatoms. The summed E-state index contributed by atoms with van der Waals surface area (Å²) in [7, 11) is 0. The summed E-state index contributed by atoms with van der Waals surface area (Å²) in [6, 6.07) is 1.10. The first kappa shape index (κ1) is 12.2. The van der Waals surface area contributed by atoms with E-state index in [1.165, 1.54) is 6.20 Å². The Labute approximate surface area is 99.8 Å². The van der Waals surface area contributed by atoms with Crippen LogP contribution in [0.25, 0.3) is 0 Å². The number of benzene rings is 1. The van der Waals surface area contributed by atoms with Crippen molar-refractivity contribution in [2.24, 2.45) is 0 Å². The van der Waals surface area contributed by atoms with E-state index in [1.54, 1.807) is 6.92 Å². The minimum Gasteiger partial charge on any atom is -0.319 e. The van der Waals surface area contributed by atoms with Crippen molar-refractivity contribution in [1.82, 2.24) is 10.2 Å². The van der Waals surface area contributed by atoms with Crippen LogP contribution in [0.4, 0.5) is 18.9 Å². The van der Waals surface area contributed by atoms with Gasteiger partial charge in [-0.1, -0.05) is 0 Å². The molecule has 0 aliphatic rings. The molecule has 0 spiro atoms. The molecule has 1 aromatic carbocycles. The SMILES string of the molecule is Cc1[nH]ncc1C(=O)Nc1cc(F)cc(F)c1F. The van der Waals surface area contributed by atoms with Crippen LogP contribution in [-0.4, -0.2) is 16.1 Å². The summed E-state index contributed by atoms with van der Waals surface area (Å²) >= 11 is 0. The normalized spacial score (nSPS) is 10.4. The van der Waals surface area contributed by atoms with Gasteiger partial charge in [0.15, 0.2) is 11.6 Å². The zero-order chi connectivity index (χ0) is 13.3. The molecule has 0 unspecified atom stereocenters. The molecule has 1 aromatic heterocycles. The van der Waals surface area contributed by atoms with Gasteiger partial charge < -0.3 is 5.32 Å². The summed E-state index contributed by atoms with van der Waals surface area (Å²) < 4.78 is 39.1. The lowest BCUT2D eigenvalue weighted by Crippen LogP contribution is -2.14. The van der Waals surface area contributed by atoms with Crippen LogP contribution in [-0.2, 0) is 0 Å². The molecule has 2 N–H and O–H groups in total. The highest BCUT2D eigenvalue weighted by Gasteiger charge is 2.16.